The van der Waals surface area contributed by atoms with Crippen LogP contribution in [-0.2, 0) is 6.18 Å². The summed E-state index contributed by atoms with van der Waals surface area (Å²) in [5.41, 5.74) is -0.546. The van der Waals surface area contributed by atoms with Crippen LogP contribution in [0.1, 0.15) is 15.2 Å². The molecule has 0 unspecified atom stereocenters. The summed E-state index contributed by atoms with van der Waals surface area (Å²) in [5, 5.41) is 3.28. The fourth-order valence-corrected chi connectivity index (χ4v) is 3.29. The molecule has 25 heavy (non-hydrogen) atoms. The Hall–Kier alpha value is -2.38. The lowest BCUT2D eigenvalue weighted by molar-refractivity contribution is -0.136. The van der Waals surface area contributed by atoms with Gasteiger partial charge in [-0.05, 0) is 18.2 Å². The first-order valence-electron chi connectivity index (χ1n) is 7.04. The molecule has 8 heteroatoms. The minimum Gasteiger partial charge on any atom is -0.321 e. The van der Waals surface area contributed by atoms with Crippen molar-refractivity contribution in [2.45, 2.75) is 6.18 Å². The summed E-state index contributed by atoms with van der Waals surface area (Å²) in [7, 11) is 0. The van der Waals surface area contributed by atoms with Crippen LogP contribution in [0.4, 0.5) is 18.9 Å². The predicted octanol–water partition coefficient (Wildman–Crippen LogP) is 5.73. The van der Waals surface area contributed by atoms with Crippen LogP contribution < -0.4 is 5.32 Å². The van der Waals surface area contributed by atoms with Crippen LogP contribution in [-0.4, -0.2) is 10.9 Å². The Kier molecular flexibility index (Phi) is 4.78. The maximum Gasteiger partial charge on any atom is 0.418 e. The van der Waals surface area contributed by atoms with E-state index in [-0.39, 0.29) is 10.6 Å². The zero-order valence-electron chi connectivity index (χ0n) is 12.5. The number of thiazole rings is 1. The Morgan fingerprint density at radius 1 is 1.08 bits per heavy atom. The lowest BCUT2D eigenvalue weighted by atomic mass is 10.1. The summed E-state index contributed by atoms with van der Waals surface area (Å²) < 4.78 is 39.0. The van der Waals surface area contributed by atoms with Crippen molar-refractivity contribution in [3.63, 3.8) is 0 Å². The molecule has 2 aromatic carbocycles. The lowest BCUT2D eigenvalue weighted by Gasteiger charge is -2.12. The van der Waals surface area contributed by atoms with Crippen LogP contribution in [0.3, 0.4) is 0 Å². The number of nitrogens with one attached hydrogen (secondary N) is 1. The first-order valence-corrected chi connectivity index (χ1v) is 8.24. The first-order chi connectivity index (χ1) is 11.9. The van der Waals surface area contributed by atoms with Crippen molar-refractivity contribution in [3.8, 4) is 10.6 Å². The number of halogens is 4. The SMILES string of the molecule is O=C(Nc1ccccc1C(F)(F)F)c1cnc(-c2ccccc2Cl)s1. The Balaban J connectivity index is 1.86. The Morgan fingerprint density at radius 2 is 1.76 bits per heavy atom. The topological polar surface area (TPSA) is 42.0 Å². The zero-order valence-corrected chi connectivity index (χ0v) is 14.0. The van der Waals surface area contributed by atoms with E-state index < -0.39 is 17.6 Å². The van der Waals surface area contributed by atoms with Crippen LogP contribution in [0, 0.1) is 0 Å². The first kappa shape index (κ1) is 17.4. The third-order valence-corrected chi connectivity index (χ3v) is 4.67. The summed E-state index contributed by atoms with van der Waals surface area (Å²) in [6.07, 6.45) is -3.24. The summed E-state index contributed by atoms with van der Waals surface area (Å²) in [4.78, 5) is 16.6. The molecule has 0 saturated carbocycles. The minimum atomic E-state index is -4.56. The van der Waals surface area contributed by atoms with Crippen LogP contribution in [0.2, 0.25) is 5.02 Å². The fourth-order valence-electron chi connectivity index (χ4n) is 2.16. The number of nitrogens with zero attached hydrogens (tertiary/aromatic N) is 1. The van der Waals surface area contributed by atoms with Crippen LogP contribution in [0.15, 0.2) is 54.7 Å². The molecule has 1 amide bonds. The van der Waals surface area contributed by atoms with E-state index in [1.165, 1.54) is 24.4 Å². The molecule has 0 bridgehead atoms. The highest BCUT2D eigenvalue weighted by atomic mass is 35.5. The number of carbonyl (C=O) groups excluding carboxylic acids is 1. The van der Waals surface area contributed by atoms with Crippen molar-refractivity contribution in [2.24, 2.45) is 0 Å². The highest BCUT2D eigenvalue weighted by molar-refractivity contribution is 7.17. The van der Waals surface area contributed by atoms with Gasteiger partial charge < -0.3 is 5.32 Å². The average Bonchev–Trinajstić information content (AvgIpc) is 3.04. The van der Waals surface area contributed by atoms with Gasteiger partial charge in [0, 0.05) is 5.56 Å². The molecule has 0 aliphatic rings. The highest BCUT2D eigenvalue weighted by Gasteiger charge is 2.33. The van der Waals surface area contributed by atoms with Gasteiger partial charge in [-0.2, -0.15) is 13.2 Å². The number of anilines is 1. The van der Waals surface area contributed by atoms with Gasteiger partial charge in [-0.25, -0.2) is 4.98 Å². The number of rotatable bonds is 3. The van der Waals surface area contributed by atoms with E-state index in [2.05, 4.69) is 10.3 Å². The van der Waals surface area contributed by atoms with Crippen LogP contribution >= 0.6 is 22.9 Å². The molecular formula is C17H10ClF3N2OS. The smallest absolute Gasteiger partial charge is 0.321 e. The molecule has 0 spiro atoms. The molecule has 0 fully saturated rings. The third-order valence-electron chi connectivity index (χ3n) is 3.31. The number of benzene rings is 2. The van der Waals surface area contributed by atoms with E-state index in [1.807, 2.05) is 0 Å². The molecule has 0 saturated heterocycles. The van der Waals surface area contributed by atoms with Gasteiger partial charge >= 0.3 is 6.18 Å². The van der Waals surface area contributed by atoms with Gasteiger partial charge in [-0.3, -0.25) is 4.79 Å². The average molecular weight is 383 g/mol. The molecule has 0 atom stereocenters. The normalized spacial score (nSPS) is 11.4. The minimum absolute atomic E-state index is 0.187. The van der Waals surface area contributed by atoms with Gasteiger partial charge in [0.25, 0.3) is 5.91 Å². The van der Waals surface area contributed by atoms with Crippen molar-refractivity contribution in [1.29, 1.82) is 0 Å². The molecule has 1 aromatic heterocycles. The van der Waals surface area contributed by atoms with Gasteiger partial charge in [-0.15, -0.1) is 11.3 Å². The van der Waals surface area contributed by atoms with Gasteiger partial charge in [0.05, 0.1) is 22.5 Å². The number of amides is 1. The summed E-state index contributed by atoms with van der Waals surface area (Å²) in [6, 6.07) is 11.8. The second-order valence-electron chi connectivity index (χ2n) is 5.01. The van der Waals surface area contributed by atoms with Crippen LogP contribution in [0.25, 0.3) is 10.6 Å². The predicted molar refractivity (Wildman–Crippen MR) is 92.0 cm³/mol. The van der Waals surface area contributed by atoms with Gasteiger partial charge in [-0.1, -0.05) is 41.9 Å². The number of alkyl halides is 3. The molecule has 128 valence electrons. The number of hydrogen-bond acceptors (Lipinski definition) is 3. The van der Waals surface area contributed by atoms with E-state index in [4.69, 9.17) is 11.6 Å². The molecule has 3 rings (SSSR count). The summed E-state index contributed by atoms with van der Waals surface area (Å²) >= 11 is 7.14. The molecule has 1 N–H and O–H groups in total. The quantitative estimate of drug-likeness (QED) is 0.628. The molecule has 0 radical (unpaired) electrons. The van der Waals surface area contributed by atoms with Crippen LogP contribution in [0.5, 0.6) is 0 Å². The molecule has 1 heterocycles. The van der Waals surface area contributed by atoms with Crippen molar-refractivity contribution in [2.75, 3.05) is 5.32 Å². The number of para-hydroxylation sites is 1. The van der Waals surface area contributed by atoms with E-state index >= 15 is 0 Å². The Labute approximate surface area is 150 Å². The Bertz CT molecular complexity index is 924. The molecule has 0 aliphatic heterocycles. The monoisotopic (exact) mass is 382 g/mol. The second-order valence-corrected chi connectivity index (χ2v) is 6.44. The fraction of sp³-hybridized carbons (Fsp3) is 0.0588. The van der Waals surface area contributed by atoms with Crippen molar-refractivity contribution >= 4 is 34.5 Å². The van der Waals surface area contributed by atoms with E-state index in [0.717, 1.165) is 17.4 Å². The largest absolute Gasteiger partial charge is 0.418 e. The third kappa shape index (κ3) is 3.83. The lowest BCUT2D eigenvalue weighted by Crippen LogP contribution is -2.15. The maximum absolute atomic E-state index is 13.0. The number of aromatic nitrogens is 1. The molecule has 0 aliphatic carbocycles. The second kappa shape index (κ2) is 6.85. The highest BCUT2D eigenvalue weighted by Crippen LogP contribution is 2.35. The maximum atomic E-state index is 13.0. The standard InChI is InChI=1S/C17H10ClF3N2OS/c18-12-7-3-1-5-10(12)16-22-9-14(25-16)15(24)23-13-8-4-2-6-11(13)17(19,20)21/h1-9H,(H,23,24). The van der Waals surface area contributed by atoms with Crippen molar-refractivity contribution in [3.05, 3.63) is 70.2 Å². The zero-order chi connectivity index (χ0) is 18.0. The van der Waals surface area contributed by atoms with E-state index in [1.54, 1.807) is 24.3 Å². The van der Waals surface area contributed by atoms with Gasteiger partial charge in [0.1, 0.15) is 9.88 Å². The molecule has 3 nitrogen and oxygen atoms in total. The van der Waals surface area contributed by atoms with Gasteiger partial charge in [0.15, 0.2) is 0 Å². The summed E-state index contributed by atoms with van der Waals surface area (Å²) in [5.74, 6) is -0.660. The molecular weight excluding hydrogens is 373 g/mol. The summed E-state index contributed by atoms with van der Waals surface area (Å²) in [6.45, 7) is 0. The number of carbonyl (C=O) groups is 1. The van der Waals surface area contributed by atoms with E-state index in [0.29, 0.717) is 15.6 Å². The molecule has 3 aromatic rings. The van der Waals surface area contributed by atoms with Crippen molar-refractivity contribution in [1.82, 2.24) is 4.98 Å². The number of hydrogen-bond donors (Lipinski definition) is 1. The Morgan fingerprint density at radius 3 is 2.48 bits per heavy atom. The van der Waals surface area contributed by atoms with Gasteiger partial charge in [0.2, 0.25) is 0 Å². The van der Waals surface area contributed by atoms with E-state index in [9.17, 15) is 18.0 Å². The van der Waals surface area contributed by atoms with Crippen molar-refractivity contribution < 1.29 is 18.0 Å².